The molecule has 1 saturated carbocycles. The third kappa shape index (κ3) is 5.00. The quantitative estimate of drug-likeness (QED) is 0.834. The van der Waals surface area contributed by atoms with Crippen molar-refractivity contribution in [3.63, 3.8) is 0 Å². The van der Waals surface area contributed by atoms with Gasteiger partial charge in [0, 0.05) is 17.6 Å². The Morgan fingerprint density at radius 3 is 2.82 bits per heavy atom. The minimum Gasteiger partial charge on any atom is -0.462 e. The number of halogens is 1. The van der Waals surface area contributed by atoms with Gasteiger partial charge >= 0.3 is 5.97 Å². The van der Waals surface area contributed by atoms with E-state index in [-0.39, 0.29) is 36.2 Å². The van der Waals surface area contributed by atoms with Gasteiger partial charge in [0.15, 0.2) is 0 Å². The summed E-state index contributed by atoms with van der Waals surface area (Å²) < 4.78 is 4.95. The highest BCUT2D eigenvalue weighted by molar-refractivity contribution is 5.95. The van der Waals surface area contributed by atoms with Crippen molar-refractivity contribution in [1.29, 1.82) is 0 Å². The number of nitrogens with one attached hydrogen (secondary N) is 1. The van der Waals surface area contributed by atoms with Gasteiger partial charge in [-0.25, -0.2) is 4.79 Å². The molecule has 0 aliphatic heterocycles. The standard InChI is InChI=1S/C16H22N2O3.ClH/c1-2-21-16(20)12-6-4-8-14(10-12)18-15(19)11-5-3-7-13(17)9-11;/h4,6,8,10-11,13H,2-3,5,7,9,17H2,1H3,(H,18,19);1H. The summed E-state index contributed by atoms with van der Waals surface area (Å²) in [5.74, 6) is -0.445. The Bertz CT molecular complexity index is 522. The smallest absolute Gasteiger partial charge is 0.338 e. The molecule has 1 aliphatic rings. The van der Waals surface area contributed by atoms with Gasteiger partial charge in [0.25, 0.3) is 0 Å². The molecule has 1 aromatic rings. The zero-order valence-corrected chi connectivity index (χ0v) is 13.5. The molecule has 0 saturated heterocycles. The molecule has 6 heteroatoms. The van der Waals surface area contributed by atoms with Gasteiger partial charge in [0.1, 0.15) is 0 Å². The number of nitrogens with two attached hydrogens (primary N) is 1. The Labute approximate surface area is 137 Å². The van der Waals surface area contributed by atoms with E-state index in [2.05, 4.69) is 5.32 Å². The second kappa shape index (κ2) is 8.76. The highest BCUT2D eigenvalue weighted by Gasteiger charge is 2.25. The third-order valence-corrected chi connectivity index (χ3v) is 3.73. The lowest BCUT2D eigenvalue weighted by molar-refractivity contribution is -0.120. The molecule has 1 aromatic carbocycles. The van der Waals surface area contributed by atoms with Gasteiger partial charge in [0.05, 0.1) is 12.2 Å². The molecule has 0 spiro atoms. The first-order valence-electron chi connectivity index (χ1n) is 7.43. The first-order chi connectivity index (χ1) is 10.1. The molecule has 0 bridgehead atoms. The van der Waals surface area contributed by atoms with Crippen LogP contribution in [0, 0.1) is 5.92 Å². The molecular weight excluding hydrogens is 304 g/mol. The number of carbonyl (C=O) groups excluding carboxylic acids is 2. The molecule has 1 aliphatic carbocycles. The molecule has 22 heavy (non-hydrogen) atoms. The molecule has 1 fully saturated rings. The highest BCUT2D eigenvalue weighted by Crippen LogP contribution is 2.24. The predicted octanol–water partition coefficient (Wildman–Crippen LogP) is 2.74. The van der Waals surface area contributed by atoms with Gasteiger partial charge in [-0.2, -0.15) is 0 Å². The topological polar surface area (TPSA) is 81.4 Å². The SMILES string of the molecule is CCOC(=O)c1cccc(NC(=O)C2CCCC(N)C2)c1.Cl. The summed E-state index contributed by atoms with van der Waals surface area (Å²) in [7, 11) is 0. The zero-order chi connectivity index (χ0) is 15.2. The molecule has 0 heterocycles. The monoisotopic (exact) mass is 326 g/mol. The number of esters is 1. The number of ether oxygens (including phenoxy) is 1. The Hall–Kier alpha value is -1.59. The first-order valence-corrected chi connectivity index (χ1v) is 7.43. The molecule has 2 rings (SSSR count). The van der Waals surface area contributed by atoms with Crippen LogP contribution in [0.5, 0.6) is 0 Å². The lowest BCUT2D eigenvalue weighted by Gasteiger charge is -2.25. The fourth-order valence-corrected chi connectivity index (χ4v) is 2.65. The summed E-state index contributed by atoms with van der Waals surface area (Å²) in [5.41, 5.74) is 6.97. The van der Waals surface area contributed by atoms with Crippen LogP contribution in [-0.4, -0.2) is 24.5 Å². The van der Waals surface area contributed by atoms with Crippen LogP contribution in [0.4, 0.5) is 5.69 Å². The van der Waals surface area contributed by atoms with Crippen LogP contribution in [0.25, 0.3) is 0 Å². The zero-order valence-electron chi connectivity index (χ0n) is 12.7. The van der Waals surface area contributed by atoms with Crippen molar-refractivity contribution in [3.05, 3.63) is 29.8 Å². The average molecular weight is 327 g/mol. The van der Waals surface area contributed by atoms with Gasteiger partial charge in [0.2, 0.25) is 5.91 Å². The normalized spacial score (nSPS) is 20.6. The van der Waals surface area contributed by atoms with Crippen molar-refractivity contribution in [3.8, 4) is 0 Å². The van der Waals surface area contributed by atoms with E-state index in [1.165, 1.54) is 0 Å². The van der Waals surface area contributed by atoms with E-state index >= 15 is 0 Å². The second-order valence-corrected chi connectivity index (χ2v) is 5.41. The van der Waals surface area contributed by atoms with Gasteiger partial charge in [-0.3, -0.25) is 4.79 Å². The van der Waals surface area contributed by atoms with Crippen LogP contribution in [0.2, 0.25) is 0 Å². The maximum Gasteiger partial charge on any atom is 0.338 e. The number of hydrogen-bond donors (Lipinski definition) is 2. The maximum absolute atomic E-state index is 12.2. The van der Waals surface area contributed by atoms with E-state index in [4.69, 9.17) is 10.5 Å². The van der Waals surface area contributed by atoms with Crippen molar-refractivity contribution in [2.45, 2.75) is 38.6 Å². The number of anilines is 1. The van der Waals surface area contributed by atoms with E-state index in [0.717, 1.165) is 25.7 Å². The van der Waals surface area contributed by atoms with Crippen molar-refractivity contribution >= 4 is 30.0 Å². The maximum atomic E-state index is 12.2. The fraction of sp³-hybridized carbons (Fsp3) is 0.500. The summed E-state index contributed by atoms with van der Waals surface area (Å²) in [4.78, 5) is 23.9. The number of hydrogen-bond acceptors (Lipinski definition) is 4. The fourth-order valence-electron chi connectivity index (χ4n) is 2.65. The van der Waals surface area contributed by atoms with E-state index < -0.39 is 0 Å². The molecule has 122 valence electrons. The summed E-state index contributed by atoms with van der Waals surface area (Å²) in [5, 5.41) is 2.87. The van der Waals surface area contributed by atoms with Crippen LogP contribution < -0.4 is 11.1 Å². The summed E-state index contributed by atoms with van der Waals surface area (Å²) >= 11 is 0. The van der Waals surface area contributed by atoms with E-state index in [1.807, 2.05) is 0 Å². The van der Waals surface area contributed by atoms with Gasteiger partial charge in [-0.05, 0) is 44.4 Å². The Morgan fingerprint density at radius 1 is 1.36 bits per heavy atom. The van der Waals surface area contributed by atoms with Crippen molar-refractivity contribution < 1.29 is 14.3 Å². The predicted molar refractivity (Wildman–Crippen MR) is 88.2 cm³/mol. The Morgan fingerprint density at radius 2 is 2.14 bits per heavy atom. The largest absolute Gasteiger partial charge is 0.462 e. The van der Waals surface area contributed by atoms with Gasteiger partial charge in [-0.15, -0.1) is 12.4 Å². The Kier molecular flexibility index (Phi) is 7.35. The molecular formula is C16H23ClN2O3. The highest BCUT2D eigenvalue weighted by atomic mass is 35.5. The average Bonchev–Trinajstić information content (AvgIpc) is 2.48. The summed E-state index contributed by atoms with van der Waals surface area (Å²) in [6.07, 6.45) is 3.57. The molecule has 3 N–H and O–H groups in total. The van der Waals surface area contributed by atoms with Crippen LogP contribution in [-0.2, 0) is 9.53 Å². The number of carbonyl (C=O) groups is 2. The van der Waals surface area contributed by atoms with Crippen LogP contribution in [0.15, 0.2) is 24.3 Å². The molecule has 2 unspecified atom stereocenters. The molecule has 0 radical (unpaired) electrons. The number of benzene rings is 1. The summed E-state index contributed by atoms with van der Waals surface area (Å²) in [6.45, 7) is 2.09. The minimum absolute atomic E-state index is 0. The van der Waals surface area contributed by atoms with Gasteiger partial charge < -0.3 is 15.8 Å². The lowest BCUT2D eigenvalue weighted by Crippen LogP contribution is -2.34. The molecule has 1 amide bonds. The van der Waals surface area contributed by atoms with Crippen LogP contribution in [0.3, 0.4) is 0 Å². The van der Waals surface area contributed by atoms with Gasteiger partial charge in [-0.1, -0.05) is 12.5 Å². The molecule has 2 atom stereocenters. The first kappa shape index (κ1) is 18.5. The van der Waals surface area contributed by atoms with E-state index in [1.54, 1.807) is 31.2 Å². The Balaban J connectivity index is 0.00000242. The van der Waals surface area contributed by atoms with E-state index in [0.29, 0.717) is 17.9 Å². The van der Waals surface area contributed by atoms with Crippen molar-refractivity contribution in [1.82, 2.24) is 0 Å². The minimum atomic E-state index is -0.381. The number of amides is 1. The number of rotatable bonds is 4. The molecule has 5 nitrogen and oxygen atoms in total. The molecule has 0 aromatic heterocycles. The van der Waals surface area contributed by atoms with Crippen LogP contribution in [0.1, 0.15) is 43.0 Å². The van der Waals surface area contributed by atoms with Crippen molar-refractivity contribution in [2.24, 2.45) is 11.7 Å². The van der Waals surface area contributed by atoms with E-state index in [9.17, 15) is 9.59 Å². The third-order valence-electron chi connectivity index (χ3n) is 3.73. The van der Waals surface area contributed by atoms with Crippen LogP contribution >= 0.6 is 12.4 Å². The lowest BCUT2D eigenvalue weighted by atomic mass is 9.85. The van der Waals surface area contributed by atoms with Crippen molar-refractivity contribution in [2.75, 3.05) is 11.9 Å². The second-order valence-electron chi connectivity index (χ2n) is 5.41. The summed E-state index contributed by atoms with van der Waals surface area (Å²) in [6, 6.07) is 6.92.